The van der Waals surface area contributed by atoms with Gasteiger partial charge in [-0.1, -0.05) is 12.1 Å². The molecule has 1 aromatic rings. The second-order valence-electron chi connectivity index (χ2n) is 5.24. The quantitative estimate of drug-likeness (QED) is 0.654. The van der Waals surface area contributed by atoms with Crippen molar-refractivity contribution in [1.82, 2.24) is 10.2 Å². The van der Waals surface area contributed by atoms with Crippen molar-refractivity contribution in [3.63, 3.8) is 0 Å². The molecule has 108 valence electrons. The van der Waals surface area contributed by atoms with Crippen molar-refractivity contribution in [3.8, 4) is 0 Å². The monoisotopic (exact) mass is 277 g/mol. The molecule has 1 N–H and O–H groups in total. The largest absolute Gasteiger partial charge is 0.341 e. The molecule has 1 atom stereocenters. The Balaban J connectivity index is 1.92. The molecule has 1 aliphatic rings. The first kappa shape index (κ1) is 14.5. The lowest BCUT2D eigenvalue weighted by Crippen LogP contribution is -2.28. The second-order valence-corrected chi connectivity index (χ2v) is 5.24. The third-order valence-corrected chi connectivity index (χ3v) is 3.59. The van der Waals surface area contributed by atoms with Crippen LogP contribution in [-0.4, -0.2) is 35.9 Å². The molecule has 0 saturated carbocycles. The van der Waals surface area contributed by atoms with E-state index in [0.717, 1.165) is 25.1 Å². The van der Waals surface area contributed by atoms with Crippen molar-refractivity contribution in [1.29, 1.82) is 0 Å². The second kappa shape index (κ2) is 6.47. The summed E-state index contributed by atoms with van der Waals surface area (Å²) in [5.74, 6) is 0.500. The fourth-order valence-corrected chi connectivity index (χ4v) is 2.42. The third-order valence-electron chi connectivity index (χ3n) is 3.59. The van der Waals surface area contributed by atoms with E-state index in [2.05, 4.69) is 5.32 Å². The van der Waals surface area contributed by atoms with Crippen LogP contribution in [0.2, 0.25) is 0 Å². The molecule has 0 bridgehead atoms. The van der Waals surface area contributed by atoms with Crippen molar-refractivity contribution in [2.24, 2.45) is 5.92 Å². The topological polar surface area (TPSA) is 75.5 Å². The summed E-state index contributed by atoms with van der Waals surface area (Å²) in [6.07, 6.45) is 1.58. The van der Waals surface area contributed by atoms with Crippen LogP contribution in [0.4, 0.5) is 5.69 Å². The van der Waals surface area contributed by atoms with Crippen molar-refractivity contribution < 1.29 is 9.72 Å². The van der Waals surface area contributed by atoms with Crippen molar-refractivity contribution >= 4 is 11.6 Å². The Morgan fingerprint density at radius 1 is 1.55 bits per heavy atom. The summed E-state index contributed by atoms with van der Waals surface area (Å²) in [6, 6.07) is 6.41. The van der Waals surface area contributed by atoms with Gasteiger partial charge in [0.25, 0.3) is 5.69 Å². The average molecular weight is 277 g/mol. The molecule has 0 aromatic heterocycles. The summed E-state index contributed by atoms with van der Waals surface area (Å²) in [4.78, 5) is 24.0. The van der Waals surface area contributed by atoms with E-state index in [9.17, 15) is 14.9 Å². The Labute approximate surface area is 117 Å². The molecule has 0 aliphatic carbocycles. The van der Waals surface area contributed by atoms with Gasteiger partial charge in [0.05, 0.1) is 4.92 Å². The minimum atomic E-state index is -0.421. The molecule has 1 fully saturated rings. The number of rotatable bonds is 5. The molecule has 1 heterocycles. The van der Waals surface area contributed by atoms with Gasteiger partial charge in [-0.15, -0.1) is 0 Å². The van der Waals surface area contributed by atoms with Crippen LogP contribution in [0.1, 0.15) is 18.4 Å². The minimum absolute atomic E-state index is 0.0586. The van der Waals surface area contributed by atoms with Crippen LogP contribution < -0.4 is 5.32 Å². The summed E-state index contributed by atoms with van der Waals surface area (Å²) in [7, 11) is 1.74. The predicted molar refractivity (Wildman–Crippen MR) is 75.2 cm³/mol. The van der Waals surface area contributed by atoms with Crippen LogP contribution >= 0.6 is 0 Å². The Bertz CT molecular complexity index is 498. The highest BCUT2D eigenvalue weighted by Crippen LogP contribution is 2.17. The molecule has 1 aliphatic heterocycles. The van der Waals surface area contributed by atoms with Crippen LogP contribution in [0.3, 0.4) is 0 Å². The molecule has 6 nitrogen and oxygen atoms in total. The fourth-order valence-electron chi connectivity index (χ4n) is 2.42. The predicted octanol–water partition coefficient (Wildman–Crippen LogP) is 1.55. The van der Waals surface area contributed by atoms with E-state index >= 15 is 0 Å². The first-order valence-corrected chi connectivity index (χ1v) is 6.74. The average Bonchev–Trinajstić information content (AvgIpc) is 2.91. The lowest BCUT2D eigenvalue weighted by Gasteiger charge is -2.19. The maximum atomic E-state index is 12.1. The molecule has 6 heteroatoms. The molecule has 20 heavy (non-hydrogen) atoms. The molecule has 1 amide bonds. The number of hydrogen-bond acceptors (Lipinski definition) is 4. The highest BCUT2D eigenvalue weighted by molar-refractivity contribution is 5.76. The van der Waals surface area contributed by atoms with Gasteiger partial charge in [0, 0.05) is 32.1 Å². The minimum Gasteiger partial charge on any atom is -0.341 e. The van der Waals surface area contributed by atoms with Crippen LogP contribution in [0, 0.1) is 16.0 Å². The van der Waals surface area contributed by atoms with E-state index in [-0.39, 0.29) is 11.6 Å². The number of carbonyl (C=O) groups is 1. The van der Waals surface area contributed by atoms with Crippen LogP contribution in [0.5, 0.6) is 0 Å². The number of amides is 1. The summed E-state index contributed by atoms with van der Waals surface area (Å²) >= 11 is 0. The number of nitro benzene ring substituents is 1. The molecular formula is C14H19N3O3. The Morgan fingerprint density at radius 2 is 2.35 bits per heavy atom. The number of non-ortho nitro benzene ring substituents is 1. The van der Waals surface area contributed by atoms with Gasteiger partial charge in [-0.05, 0) is 31.0 Å². The van der Waals surface area contributed by atoms with E-state index in [1.54, 1.807) is 24.1 Å². The molecule has 0 radical (unpaired) electrons. The first-order valence-electron chi connectivity index (χ1n) is 6.74. The van der Waals surface area contributed by atoms with Gasteiger partial charge < -0.3 is 10.2 Å². The normalized spacial score (nSPS) is 17.9. The summed E-state index contributed by atoms with van der Waals surface area (Å²) in [5.41, 5.74) is 0.836. The fraction of sp³-hybridized carbons (Fsp3) is 0.500. The number of carbonyl (C=O) groups excluding carboxylic acids is 1. The van der Waals surface area contributed by atoms with Crippen LogP contribution in [0.15, 0.2) is 24.3 Å². The maximum Gasteiger partial charge on any atom is 0.269 e. The van der Waals surface area contributed by atoms with E-state index in [0.29, 0.717) is 18.9 Å². The zero-order valence-corrected chi connectivity index (χ0v) is 11.5. The molecule has 2 rings (SSSR count). The van der Waals surface area contributed by atoms with Crippen LogP contribution in [0.25, 0.3) is 0 Å². The van der Waals surface area contributed by atoms with Gasteiger partial charge in [-0.2, -0.15) is 0 Å². The lowest BCUT2D eigenvalue weighted by molar-refractivity contribution is -0.384. The highest BCUT2D eigenvalue weighted by Gasteiger charge is 2.20. The van der Waals surface area contributed by atoms with Gasteiger partial charge in [0.15, 0.2) is 0 Å². The zero-order chi connectivity index (χ0) is 14.5. The number of nitro groups is 1. The number of benzene rings is 1. The number of hydrogen-bond donors (Lipinski definition) is 1. The van der Waals surface area contributed by atoms with Crippen molar-refractivity contribution in [2.45, 2.75) is 19.4 Å². The van der Waals surface area contributed by atoms with Gasteiger partial charge in [-0.3, -0.25) is 14.9 Å². The highest BCUT2D eigenvalue weighted by atomic mass is 16.6. The van der Waals surface area contributed by atoms with E-state index < -0.39 is 4.92 Å². The summed E-state index contributed by atoms with van der Waals surface area (Å²) < 4.78 is 0. The smallest absolute Gasteiger partial charge is 0.269 e. The molecule has 1 aromatic carbocycles. The zero-order valence-electron chi connectivity index (χ0n) is 11.5. The van der Waals surface area contributed by atoms with Crippen molar-refractivity contribution in [3.05, 3.63) is 39.9 Å². The van der Waals surface area contributed by atoms with Gasteiger partial charge in [0.1, 0.15) is 0 Å². The number of nitrogens with zero attached hydrogens (tertiary/aromatic N) is 2. The van der Waals surface area contributed by atoms with E-state index in [1.807, 2.05) is 0 Å². The lowest BCUT2D eigenvalue weighted by atomic mass is 10.0. The molecular weight excluding hydrogens is 258 g/mol. The van der Waals surface area contributed by atoms with Gasteiger partial charge >= 0.3 is 0 Å². The van der Waals surface area contributed by atoms with Gasteiger partial charge in [0.2, 0.25) is 5.91 Å². The van der Waals surface area contributed by atoms with Crippen molar-refractivity contribution in [2.75, 3.05) is 20.1 Å². The maximum absolute atomic E-state index is 12.1. The summed E-state index contributed by atoms with van der Waals surface area (Å²) in [5, 5.41) is 14.0. The van der Waals surface area contributed by atoms with Gasteiger partial charge in [-0.25, -0.2) is 0 Å². The number of nitrogens with one attached hydrogen (secondary N) is 1. The van der Waals surface area contributed by atoms with E-state index in [1.165, 1.54) is 12.1 Å². The third kappa shape index (κ3) is 3.77. The molecule has 0 spiro atoms. The summed E-state index contributed by atoms with van der Waals surface area (Å²) in [6.45, 7) is 2.28. The Kier molecular flexibility index (Phi) is 4.68. The van der Waals surface area contributed by atoms with E-state index in [4.69, 9.17) is 0 Å². The SMILES string of the molecule is CN(Cc1cccc([N+](=O)[O-])c1)C(=O)CC1CCNC1. The Morgan fingerprint density at radius 3 is 3.00 bits per heavy atom. The molecule has 1 unspecified atom stereocenters. The Hall–Kier alpha value is -1.95. The standard InChI is InChI=1S/C14H19N3O3/c1-16(14(18)8-11-5-6-15-9-11)10-12-3-2-4-13(7-12)17(19)20/h2-4,7,11,15H,5-6,8-10H2,1H3. The molecule has 1 saturated heterocycles. The van der Waals surface area contributed by atoms with Crippen LogP contribution in [-0.2, 0) is 11.3 Å². The first-order chi connectivity index (χ1) is 9.56.